The van der Waals surface area contributed by atoms with Gasteiger partial charge in [0.25, 0.3) is 16.0 Å². The van der Waals surface area contributed by atoms with Crippen LogP contribution in [0.25, 0.3) is 0 Å². The summed E-state index contributed by atoms with van der Waals surface area (Å²) in [6.07, 6.45) is 6.50. The van der Waals surface area contributed by atoms with Gasteiger partial charge in [0.2, 0.25) is 0 Å². The van der Waals surface area contributed by atoms with E-state index in [0.717, 1.165) is 38.4 Å². The highest BCUT2D eigenvalue weighted by Crippen LogP contribution is 2.18. The number of nitrogens with one attached hydrogen (secondary N) is 1. The van der Waals surface area contributed by atoms with E-state index >= 15 is 0 Å². The van der Waals surface area contributed by atoms with Crippen molar-refractivity contribution in [3.63, 3.8) is 0 Å². The lowest BCUT2D eigenvalue weighted by atomic mass is 10.1. The summed E-state index contributed by atoms with van der Waals surface area (Å²) in [5.41, 5.74) is 0.278. The molecule has 158 valence electrons. The van der Waals surface area contributed by atoms with Crippen LogP contribution >= 0.6 is 0 Å². The van der Waals surface area contributed by atoms with Gasteiger partial charge in [0.05, 0.1) is 20.0 Å². The van der Waals surface area contributed by atoms with Gasteiger partial charge in [0, 0.05) is 6.54 Å². The molecule has 0 spiro atoms. The molecule has 0 unspecified atom stereocenters. The highest BCUT2D eigenvalue weighted by molar-refractivity contribution is 7.85. The number of para-hydroxylation sites is 1. The molecule has 28 heavy (non-hydrogen) atoms. The van der Waals surface area contributed by atoms with Crippen LogP contribution in [0.3, 0.4) is 0 Å². The van der Waals surface area contributed by atoms with E-state index in [-0.39, 0.29) is 24.7 Å². The van der Waals surface area contributed by atoms with Crippen LogP contribution < -0.4 is 10.1 Å². The Kier molecular flexibility index (Phi) is 11.2. The molecule has 0 aliphatic heterocycles. The predicted molar refractivity (Wildman–Crippen MR) is 105 cm³/mol. The first-order valence-corrected chi connectivity index (χ1v) is 11.1. The normalized spacial score (nSPS) is 11.1. The van der Waals surface area contributed by atoms with Crippen LogP contribution in [0.1, 0.15) is 48.9 Å². The zero-order chi connectivity index (χ0) is 20.8. The van der Waals surface area contributed by atoms with Gasteiger partial charge < -0.3 is 14.8 Å². The number of ether oxygens (including phenoxy) is 2. The lowest BCUT2D eigenvalue weighted by molar-refractivity contribution is -0.123. The molecule has 0 radical (unpaired) electrons. The van der Waals surface area contributed by atoms with Crippen LogP contribution in [0.15, 0.2) is 24.3 Å². The molecule has 0 bridgehead atoms. The summed E-state index contributed by atoms with van der Waals surface area (Å²) in [4.78, 5) is 23.5. The minimum Gasteiger partial charge on any atom is -0.483 e. The Morgan fingerprint density at radius 2 is 1.64 bits per heavy atom. The molecule has 0 heterocycles. The Bertz CT molecular complexity index is 719. The lowest BCUT2D eigenvalue weighted by Crippen LogP contribution is -2.29. The maximum atomic E-state index is 11.8. The molecule has 0 atom stereocenters. The largest absolute Gasteiger partial charge is 0.483 e. The Hall–Kier alpha value is -2.13. The number of carbonyl (C=O) groups excluding carboxylic acids is 2. The van der Waals surface area contributed by atoms with Crippen molar-refractivity contribution in [3.8, 4) is 5.75 Å². The molecular formula is C19H29NO7S. The molecule has 0 fully saturated rings. The van der Waals surface area contributed by atoms with Crippen LogP contribution in [0.2, 0.25) is 0 Å². The van der Waals surface area contributed by atoms with Gasteiger partial charge in [-0.15, -0.1) is 0 Å². The fourth-order valence-corrected chi connectivity index (χ4v) is 2.86. The van der Waals surface area contributed by atoms with Gasteiger partial charge in [-0.25, -0.2) is 4.79 Å². The molecule has 0 saturated heterocycles. The molecule has 8 nitrogen and oxygen atoms in total. The van der Waals surface area contributed by atoms with Crippen molar-refractivity contribution < 1.29 is 31.7 Å². The number of methoxy groups -OCH3 is 1. The van der Waals surface area contributed by atoms with Crippen LogP contribution in [0.5, 0.6) is 5.75 Å². The third kappa shape index (κ3) is 10.9. The Morgan fingerprint density at radius 3 is 2.32 bits per heavy atom. The number of rotatable bonds is 14. The molecule has 0 saturated carbocycles. The number of hydrogen-bond acceptors (Lipinski definition) is 7. The number of benzene rings is 1. The average Bonchev–Trinajstić information content (AvgIpc) is 2.66. The van der Waals surface area contributed by atoms with Crippen molar-refractivity contribution in [2.45, 2.75) is 38.5 Å². The summed E-state index contributed by atoms with van der Waals surface area (Å²) in [7, 11) is -2.05. The molecule has 1 aromatic carbocycles. The molecule has 0 aliphatic carbocycles. The zero-order valence-corrected chi connectivity index (χ0v) is 17.3. The van der Waals surface area contributed by atoms with Crippen molar-refractivity contribution in [3.05, 3.63) is 29.8 Å². The number of hydrogen-bond donors (Lipinski definition) is 1. The number of esters is 1. The minimum atomic E-state index is -3.34. The van der Waals surface area contributed by atoms with E-state index in [0.29, 0.717) is 18.7 Å². The molecule has 0 aliphatic rings. The lowest BCUT2D eigenvalue weighted by Gasteiger charge is -2.10. The van der Waals surface area contributed by atoms with Gasteiger partial charge in [-0.2, -0.15) is 8.42 Å². The molecule has 1 amide bonds. The second kappa shape index (κ2) is 13.1. The summed E-state index contributed by atoms with van der Waals surface area (Å²) in [5, 5.41) is 2.78. The first kappa shape index (κ1) is 23.9. The van der Waals surface area contributed by atoms with E-state index in [1.54, 1.807) is 24.3 Å². The summed E-state index contributed by atoms with van der Waals surface area (Å²) in [6.45, 7) is 0.611. The second-order valence-electron chi connectivity index (χ2n) is 6.27. The van der Waals surface area contributed by atoms with Crippen molar-refractivity contribution in [1.29, 1.82) is 0 Å². The molecular weight excluding hydrogens is 386 g/mol. The SMILES string of the molecule is COC(=O)c1ccccc1OCC(=O)NCCCCCCCCOS(C)(=O)=O. The van der Waals surface area contributed by atoms with Crippen LogP contribution in [0, 0.1) is 0 Å². The standard InChI is InChI=1S/C19H29NO7S/c1-25-19(22)16-11-7-8-12-17(16)26-15-18(21)20-13-9-5-3-4-6-10-14-27-28(2,23)24/h7-8,11-12H,3-6,9-10,13-15H2,1-2H3,(H,20,21). The number of unbranched alkanes of at least 4 members (excludes halogenated alkanes) is 5. The van der Waals surface area contributed by atoms with Crippen LogP contribution in [-0.2, 0) is 23.8 Å². The summed E-state index contributed by atoms with van der Waals surface area (Å²) >= 11 is 0. The number of amides is 1. The van der Waals surface area contributed by atoms with E-state index in [1.165, 1.54) is 7.11 Å². The monoisotopic (exact) mass is 415 g/mol. The first-order chi connectivity index (χ1) is 13.3. The minimum absolute atomic E-state index is 0.172. The van der Waals surface area contributed by atoms with E-state index in [1.807, 2.05) is 0 Å². The Labute approximate surface area is 166 Å². The highest BCUT2D eigenvalue weighted by atomic mass is 32.2. The topological polar surface area (TPSA) is 108 Å². The molecule has 1 rings (SSSR count). The van der Waals surface area contributed by atoms with Gasteiger partial charge in [-0.3, -0.25) is 8.98 Å². The predicted octanol–water partition coefficient (Wildman–Crippen LogP) is 2.29. The summed E-state index contributed by atoms with van der Waals surface area (Å²) in [6, 6.07) is 6.60. The maximum absolute atomic E-state index is 11.8. The van der Waals surface area contributed by atoms with Gasteiger partial charge in [-0.05, 0) is 25.0 Å². The smallest absolute Gasteiger partial charge is 0.341 e. The molecule has 9 heteroatoms. The van der Waals surface area contributed by atoms with E-state index < -0.39 is 16.1 Å². The number of carbonyl (C=O) groups is 2. The third-order valence-electron chi connectivity index (χ3n) is 3.84. The van der Waals surface area contributed by atoms with Crippen LogP contribution in [0.4, 0.5) is 0 Å². The van der Waals surface area contributed by atoms with E-state index in [9.17, 15) is 18.0 Å². The first-order valence-electron chi connectivity index (χ1n) is 9.24. The van der Waals surface area contributed by atoms with E-state index in [2.05, 4.69) is 14.2 Å². The van der Waals surface area contributed by atoms with Gasteiger partial charge >= 0.3 is 5.97 Å². The van der Waals surface area contributed by atoms with Gasteiger partial charge in [0.1, 0.15) is 11.3 Å². The Balaban J connectivity index is 2.08. The summed E-state index contributed by atoms with van der Waals surface area (Å²) in [5.74, 6) is -0.458. The quantitative estimate of drug-likeness (QED) is 0.282. The molecule has 0 aromatic heterocycles. The van der Waals surface area contributed by atoms with Crippen molar-refractivity contribution >= 4 is 22.0 Å². The van der Waals surface area contributed by atoms with Crippen molar-refractivity contribution in [2.75, 3.05) is 33.1 Å². The van der Waals surface area contributed by atoms with Gasteiger partial charge in [-0.1, -0.05) is 37.8 Å². The average molecular weight is 416 g/mol. The van der Waals surface area contributed by atoms with Crippen molar-refractivity contribution in [2.24, 2.45) is 0 Å². The fraction of sp³-hybridized carbons (Fsp3) is 0.579. The van der Waals surface area contributed by atoms with E-state index in [4.69, 9.17) is 4.74 Å². The molecule has 1 N–H and O–H groups in total. The zero-order valence-electron chi connectivity index (χ0n) is 16.4. The molecule has 1 aromatic rings. The van der Waals surface area contributed by atoms with Gasteiger partial charge in [0.15, 0.2) is 6.61 Å². The third-order valence-corrected chi connectivity index (χ3v) is 4.44. The Morgan fingerprint density at radius 1 is 1.00 bits per heavy atom. The maximum Gasteiger partial charge on any atom is 0.341 e. The van der Waals surface area contributed by atoms with Crippen LogP contribution in [-0.4, -0.2) is 53.4 Å². The highest BCUT2D eigenvalue weighted by Gasteiger charge is 2.13. The van der Waals surface area contributed by atoms with Crippen molar-refractivity contribution in [1.82, 2.24) is 5.32 Å². The summed E-state index contributed by atoms with van der Waals surface area (Å²) < 4.78 is 36.3. The second-order valence-corrected chi connectivity index (χ2v) is 7.92. The fourth-order valence-electron chi connectivity index (χ4n) is 2.44.